The number of halogens is 2. The number of nitrogens with one attached hydrogen (secondary N) is 1. The Morgan fingerprint density at radius 3 is 2.23 bits per heavy atom. The topological polar surface area (TPSA) is 41.6 Å². The molecule has 0 spiro atoms. The van der Waals surface area contributed by atoms with Crippen molar-refractivity contribution < 1.29 is 9.53 Å². The quantitative estimate of drug-likeness (QED) is 0.734. The van der Waals surface area contributed by atoms with Gasteiger partial charge in [-0.3, -0.25) is 0 Å². The molecule has 0 bridgehead atoms. The zero-order valence-electron chi connectivity index (χ0n) is 13.2. The average Bonchev–Trinajstić information content (AvgIpc) is 2.36. The van der Waals surface area contributed by atoms with E-state index in [-0.39, 0.29) is 12.1 Å². The van der Waals surface area contributed by atoms with Gasteiger partial charge in [0.15, 0.2) is 0 Å². The number of piperidine rings is 1. The fourth-order valence-electron chi connectivity index (χ4n) is 2.48. The minimum atomic E-state index is -0.451. The van der Waals surface area contributed by atoms with Crippen LogP contribution in [0.2, 0.25) is 0 Å². The zero-order chi connectivity index (χ0) is 16.3. The summed E-state index contributed by atoms with van der Waals surface area (Å²) in [6.45, 7) is 7.47. The number of ether oxygens (including phenoxy) is 1. The molecular formula is C16H22Br2N2O2. The molecule has 0 aliphatic carbocycles. The Morgan fingerprint density at radius 2 is 1.73 bits per heavy atom. The number of hydrogen-bond acceptors (Lipinski definition) is 3. The van der Waals surface area contributed by atoms with Crippen molar-refractivity contribution in [3.63, 3.8) is 0 Å². The van der Waals surface area contributed by atoms with Crippen molar-refractivity contribution in [3.05, 3.63) is 27.1 Å². The third-order valence-electron chi connectivity index (χ3n) is 3.43. The van der Waals surface area contributed by atoms with Crippen molar-refractivity contribution in [2.45, 2.75) is 45.3 Å². The Balaban J connectivity index is 1.86. The minimum absolute atomic E-state index is 0.182. The predicted octanol–water partition coefficient (Wildman–Crippen LogP) is 4.71. The summed E-state index contributed by atoms with van der Waals surface area (Å²) in [5.41, 5.74) is 0.741. The summed E-state index contributed by atoms with van der Waals surface area (Å²) in [6, 6.07) is 6.45. The van der Waals surface area contributed by atoms with Gasteiger partial charge in [0.25, 0.3) is 0 Å². The van der Waals surface area contributed by atoms with E-state index in [4.69, 9.17) is 4.74 Å². The van der Waals surface area contributed by atoms with Crippen LogP contribution in [0.4, 0.5) is 10.5 Å². The molecule has 6 heteroatoms. The van der Waals surface area contributed by atoms with E-state index in [0.717, 1.165) is 34.9 Å². The molecule has 1 N–H and O–H groups in total. The fraction of sp³-hybridized carbons (Fsp3) is 0.562. The highest BCUT2D eigenvalue weighted by molar-refractivity contribution is 9.11. The number of hydrogen-bond donors (Lipinski definition) is 1. The number of rotatable bonds is 2. The Labute approximate surface area is 148 Å². The molecule has 0 aromatic heterocycles. The summed E-state index contributed by atoms with van der Waals surface area (Å²) >= 11 is 7.04. The summed E-state index contributed by atoms with van der Waals surface area (Å²) in [6.07, 6.45) is 1.52. The van der Waals surface area contributed by atoms with Gasteiger partial charge in [0.05, 0.1) is 0 Å². The van der Waals surface area contributed by atoms with Gasteiger partial charge in [-0.15, -0.1) is 0 Å². The standard InChI is InChI=1S/C16H22Br2N2O2/c1-16(2,3)22-15(21)19-13-4-6-20(7-5-13)14-9-11(17)8-12(18)10-14/h8-10,13H,4-7H2,1-3H3,(H,19,21). The molecule has 0 radical (unpaired) electrons. The first-order valence-corrected chi connectivity index (χ1v) is 9.02. The van der Waals surface area contributed by atoms with Crippen molar-refractivity contribution in [1.29, 1.82) is 0 Å². The smallest absolute Gasteiger partial charge is 0.407 e. The SMILES string of the molecule is CC(C)(C)OC(=O)NC1CCN(c2cc(Br)cc(Br)c2)CC1. The van der Waals surface area contributed by atoms with E-state index in [0.29, 0.717) is 0 Å². The Kier molecular flexibility index (Phi) is 5.77. The van der Waals surface area contributed by atoms with Crippen molar-refractivity contribution in [2.24, 2.45) is 0 Å². The maximum absolute atomic E-state index is 11.8. The van der Waals surface area contributed by atoms with E-state index in [9.17, 15) is 4.79 Å². The molecular weight excluding hydrogens is 412 g/mol. The Morgan fingerprint density at radius 1 is 1.18 bits per heavy atom. The van der Waals surface area contributed by atoms with Gasteiger partial charge < -0.3 is 15.0 Å². The van der Waals surface area contributed by atoms with Gasteiger partial charge in [0.2, 0.25) is 0 Å². The molecule has 0 unspecified atom stereocenters. The van der Waals surface area contributed by atoms with Crippen molar-refractivity contribution in [1.82, 2.24) is 5.32 Å². The third kappa shape index (κ3) is 5.47. The highest BCUT2D eigenvalue weighted by Gasteiger charge is 2.23. The van der Waals surface area contributed by atoms with Gasteiger partial charge in [0.1, 0.15) is 5.60 Å². The third-order valence-corrected chi connectivity index (χ3v) is 4.34. The summed E-state index contributed by atoms with van der Waals surface area (Å²) in [7, 11) is 0. The number of carbonyl (C=O) groups excluding carboxylic acids is 1. The molecule has 0 atom stereocenters. The van der Waals surface area contributed by atoms with Gasteiger partial charge in [-0.1, -0.05) is 31.9 Å². The number of nitrogens with zero attached hydrogens (tertiary/aromatic N) is 1. The van der Waals surface area contributed by atoms with E-state index < -0.39 is 5.60 Å². The van der Waals surface area contributed by atoms with Crippen LogP contribution in [0.1, 0.15) is 33.6 Å². The van der Waals surface area contributed by atoms with Gasteiger partial charge >= 0.3 is 6.09 Å². The lowest BCUT2D eigenvalue weighted by atomic mass is 10.0. The van der Waals surface area contributed by atoms with Gasteiger partial charge in [0, 0.05) is 33.8 Å². The summed E-state index contributed by atoms with van der Waals surface area (Å²) in [5.74, 6) is 0. The van der Waals surface area contributed by atoms with Gasteiger partial charge in [-0.05, 0) is 51.8 Å². The summed E-state index contributed by atoms with van der Waals surface area (Å²) in [4.78, 5) is 14.1. The number of anilines is 1. The number of carbonyl (C=O) groups is 1. The number of amides is 1. The molecule has 1 aromatic carbocycles. The van der Waals surface area contributed by atoms with E-state index in [1.807, 2.05) is 26.8 Å². The molecule has 1 aliphatic rings. The lowest BCUT2D eigenvalue weighted by molar-refractivity contribution is 0.0497. The van der Waals surface area contributed by atoms with Gasteiger partial charge in [-0.2, -0.15) is 0 Å². The fourth-order valence-corrected chi connectivity index (χ4v) is 3.75. The van der Waals surface area contributed by atoms with Gasteiger partial charge in [-0.25, -0.2) is 4.79 Å². The maximum Gasteiger partial charge on any atom is 0.407 e. The monoisotopic (exact) mass is 432 g/mol. The molecule has 1 heterocycles. The van der Waals surface area contributed by atoms with Crippen LogP contribution in [0.25, 0.3) is 0 Å². The normalized spacial score (nSPS) is 16.5. The van der Waals surface area contributed by atoms with E-state index in [2.05, 4.69) is 54.2 Å². The summed E-state index contributed by atoms with van der Waals surface area (Å²) in [5, 5.41) is 2.96. The molecule has 2 rings (SSSR count). The Hall–Kier alpha value is -0.750. The molecule has 1 amide bonds. The van der Waals surface area contributed by atoms with Crippen LogP contribution in [0.3, 0.4) is 0 Å². The van der Waals surface area contributed by atoms with Crippen LogP contribution in [-0.2, 0) is 4.74 Å². The second kappa shape index (κ2) is 7.21. The van der Waals surface area contributed by atoms with Crippen LogP contribution >= 0.6 is 31.9 Å². The van der Waals surface area contributed by atoms with Crippen LogP contribution < -0.4 is 10.2 Å². The highest BCUT2D eigenvalue weighted by atomic mass is 79.9. The largest absolute Gasteiger partial charge is 0.444 e. The molecule has 0 saturated carbocycles. The van der Waals surface area contributed by atoms with E-state index in [1.54, 1.807) is 0 Å². The molecule has 22 heavy (non-hydrogen) atoms. The second-order valence-corrected chi connectivity index (χ2v) is 8.37. The molecule has 1 aliphatic heterocycles. The van der Waals surface area contributed by atoms with Crippen LogP contribution in [0.15, 0.2) is 27.1 Å². The average molecular weight is 434 g/mol. The Bertz CT molecular complexity index is 515. The first-order valence-electron chi connectivity index (χ1n) is 7.43. The molecule has 1 fully saturated rings. The highest BCUT2D eigenvalue weighted by Crippen LogP contribution is 2.28. The minimum Gasteiger partial charge on any atom is -0.444 e. The lowest BCUT2D eigenvalue weighted by Gasteiger charge is -2.34. The summed E-state index contributed by atoms with van der Waals surface area (Å²) < 4.78 is 7.43. The van der Waals surface area contributed by atoms with Crippen LogP contribution in [-0.4, -0.2) is 30.8 Å². The number of benzene rings is 1. The maximum atomic E-state index is 11.8. The lowest BCUT2D eigenvalue weighted by Crippen LogP contribution is -2.46. The molecule has 4 nitrogen and oxygen atoms in total. The zero-order valence-corrected chi connectivity index (χ0v) is 16.3. The molecule has 1 aromatic rings. The van der Waals surface area contributed by atoms with E-state index in [1.165, 1.54) is 5.69 Å². The molecule has 122 valence electrons. The van der Waals surface area contributed by atoms with Crippen molar-refractivity contribution >= 4 is 43.6 Å². The van der Waals surface area contributed by atoms with Crippen LogP contribution in [0.5, 0.6) is 0 Å². The molecule has 1 saturated heterocycles. The number of alkyl carbamates (subject to hydrolysis) is 1. The van der Waals surface area contributed by atoms with Crippen molar-refractivity contribution in [3.8, 4) is 0 Å². The first-order chi connectivity index (χ1) is 10.2. The van der Waals surface area contributed by atoms with E-state index >= 15 is 0 Å². The first kappa shape index (κ1) is 17.6. The predicted molar refractivity (Wildman–Crippen MR) is 96.4 cm³/mol. The van der Waals surface area contributed by atoms with Crippen molar-refractivity contribution in [2.75, 3.05) is 18.0 Å². The second-order valence-electron chi connectivity index (χ2n) is 6.54. The van der Waals surface area contributed by atoms with Crippen LogP contribution in [0, 0.1) is 0 Å².